The number of amides is 1. The number of ether oxygens (including phenoxy) is 1. The zero-order chi connectivity index (χ0) is 17.2. The number of benzene rings is 1. The lowest BCUT2D eigenvalue weighted by atomic mass is 10.1. The lowest BCUT2D eigenvalue weighted by Crippen LogP contribution is -2.46. The highest BCUT2D eigenvalue weighted by Gasteiger charge is 2.43. The fourth-order valence-corrected chi connectivity index (χ4v) is 3.99. The second-order valence-corrected chi connectivity index (χ2v) is 7.91. The van der Waals surface area contributed by atoms with Gasteiger partial charge in [0.1, 0.15) is 6.04 Å². The Morgan fingerprint density at radius 2 is 1.96 bits per heavy atom. The Bertz CT molecular complexity index is 647. The van der Waals surface area contributed by atoms with Gasteiger partial charge in [0.2, 0.25) is 15.9 Å². The lowest BCUT2D eigenvalue weighted by Gasteiger charge is -2.30. The Kier molecular flexibility index (Phi) is 5.44. The van der Waals surface area contributed by atoms with Gasteiger partial charge in [-0.3, -0.25) is 4.79 Å². The smallest absolute Gasteiger partial charge is 0.241 e. The van der Waals surface area contributed by atoms with Gasteiger partial charge in [0.05, 0.1) is 18.4 Å². The third kappa shape index (κ3) is 3.91. The molecule has 1 amide bonds. The Morgan fingerprint density at radius 3 is 2.48 bits per heavy atom. The molecule has 0 radical (unpaired) electrons. The van der Waals surface area contributed by atoms with Crippen LogP contribution in [0.1, 0.15) is 24.9 Å². The van der Waals surface area contributed by atoms with Crippen LogP contribution in [0.3, 0.4) is 0 Å². The number of carbonyl (C=O) groups is 1. The average Bonchev–Trinajstić information content (AvgIpc) is 2.98. The maximum Gasteiger partial charge on any atom is 0.241 e. The predicted octanol–water partition coefficient (Wildman–Crippen LogP) is 1.25. The highest BCUT2D eigenvalue weighted by atomic mass is 32.2. The Hall–Kier alpha value is -1.44. The fourth-order valence-electron chi connectivity index (χ4n) is 2.91. The molecule has 1 heterocycles. The van der Waals surface area contributed by atoms with E-state index in [0.717, 1.165) is 11.8 Å². The summed E-state index contributed by atoms with van der Waals surface area (Å²) in [4.78, 5) is 14.5. The largest absolute Gasteiger partial charge is 0.380 e. The topological polar surface area (TPSA) is 66.9 Å². The molecular formula is C16H24N2O4S. The minimum Gasteiger partial charge on any atom is -0.380 e. The van der Waals surface area contributed by atoms with Crippen LogP contribution >= 0.6 is 0 Å². The molecule has 3 atom stereocenters. The van der Waals surface area contributed by atoms with Crippen LogP contribution in [0.25, 0.3) is 0 Å². The highest BCUT2D eigenvalue weighted by Crippen LogP contribution is 2.27. The third-order valence-electron chi connectivity index (χ3n) is 4.47. The van der Waals surface area contributed by atoms with Crippen LogP contribution in [0.4, 0.5) is 0 Å². The van der Waals surface area contributed by atoms with Gasteiger partial charge in [-0.2, -0.15) is 4.31 Å². The van der Waals surface area contributed by atoms with Gasteiger partial charge in [0.25, 0.3) is 0 Å². The van der Waals surface area contributed by atoms with E-state index in [4.69, 9.17) is 4.74 Å². The van der Waals surface area contributed by atoms with E-state index < -0.39 is 16.1 Å². The van der Waals surface area contributed by atoms with Crippen molar-refractivity contribution in [1.82, 2.24) is 9.21 Å². The number of hydrogen-bond donors (Lipinski definition) is 0. The number of sulfonamides is 1. The van der Waals surface area contributed by atoms with Crippen LogP contribution in [0.5, 0.6) is 0 Å². The predicted molar refractivity (Wildman–Crippen MR) is 88.4 cm³/mol. The van der Waals surface area contributed by atoms with Gasteiger partial charge >= 0.3 is 0 Å². The van der Waals surface area contributed by atoms with Crippen LogP contribution in [0.2, 0.25) is 0 Å². The molecule has 0 aromatic heterocycles. The quantitative estimate of drug-likeness (QED) is 0.809. The molecule has 1 saturated heterocycles. The summed E-state index contributed by atoms with van der Waals surface area (Å²) in [6.45, 7) is 2.15. The van der Waals surface area contributed by atoms with Crippen molar-refractivity contribution >= 4 is 15.9 Å². The Morgan fingerprint density at radius 1 is 1.35 bits per heavy atom. The van der Waals surface area contributed by atoms with Gasteiger partial charge in [0.15, 0.2) is 0 Å². The Balaban J connectivity index is 2.20. The number of carbonyl (C=O) groups excluding carboxylic acids is 1. The summed E-state index contributed by atoms with van der Waals surface area (Å²) in [5, 5.41) is 0. The average molecular weight is 340 g/mol. The molecule has 2 rings (SSSR count). The lowest BCUT2D eigenvalue weighted by molar-refractivity contribution is -0.135. The van der Waals surface area contributed by atoms with Crippen LogP contribution in [-0.2, 0) is 19.6 Å². The van der Waals surface area contributed by atoms with Gasteiger partial charge in [-0.15, -0.1) is 0 Å². The summed E-state index contributed by atoms with van der Waals surface area (Å²) in [5.41, 5.74) is 1.01. The van der Waals surface area contributed by atoms with Crippen molar-refractivity contribution in [3.05, 3.63) is 35.9 Å². The molecule has 23 heavy (non-hydrogen) atoms. The van der Waals surface area contributed by atoms with Gasteiger partial charge in [-0.25, -0.2) is 8.42 Å². The van der Waals surface area contributed by atoms with E-state index in [1.165, 1.54) is 11.4 Å². The standard InChI is InChI=1S/C16H24N2O4S/c1-12(13-8-6-5-7-9-13)17(2)16(19)15-10-14(22-3)11-18(15)23(4,20)21/h5-9,12,14-15H,10-11H2,1-4H3/t12-,14-,15+/m0/s1. The van der Waals surface area contributed by atoms with Gasteiger partial charge in [-0.05, 0) is 12.5 Å². The van der Waals surface area contributed by atoms with Gasteiger partial charge in [-0.1, -0.05) is 30.3 Å². The molecule has 7 heteroatoms. The summed E-state index contributed by atoms with van der Waals surface area (Å²) in [7, 11) is -0.213. The second kappa shape index (κ2) is 6.98. The van der Waals surface area contributed by atoms with Crippen LogP contribution in [0, 0.1) is 0 Å². The first kappa shape index (κ1) is 17.9. The van der Waals surface area contributed by atoms with Crippen molar-refractivity contribution in [2.24, 2.45) is 0 Å². The van der Waals surface area contributed by atoms with Crippen molar-refractivity contribution in [3.63, 3.8) is 0 Å². The van der Waals surface area contributed by atoms with Crippen LogP contribution < -0.4 is 0 Å². The van der Waals surface area contributed by atoms with Crippen LogP contribution in [0.15, 0.2) is 30.3 Å². The molecule has 1 fully saturated rings. The summed E-state index contributed by atoms with van der Waals surface area (Å²) in [6, 6.07) is 8.83. The first-order valence-electron chi connectivity index (χ1n) is 7.57. The molecule has 1 aliphatic rings. The fraction of sp³-hybridized carbons (Fsp3) is 0.562. The van der Waals surface area contributed by atoms with Gasteiger partial charge in [0, 0.05) is 27.1 Å². The highest BCUT2D eigenvalue weighted by molar-refractivity contribution is 7.88. The molecule has 6 nitrogen and oxygen atoms in total. The molecular weight excluding hydrogens is 316 g/mol. The summed E-state index contributed by atoms with van der Waals surface area (Å²) in [5.74, 6) is -0.202. The molecule has 1 aromatic rings. The Labute approximate surface area is 138 Å². The van der Waals surface area contributed by atoms with E-state index in [1.54, 1.807) is 11.9 Å². The van der Waals surface area contributed by atoms with E-state index >= 15 is 0 Å². The van der Waals surface area contributed by atoms with Crippen molar-refractivity contribution in [1.29, 1.82) is 0 Å². The molecule has 0 unspecified atom stereocenters. The number of hydrogen-bond acceptors (Lipinski definition) is 4. The zero-order valence-electron chi connectivity index (χ0n) is 14.0. The normalized spacial score (nSPS) is 23.7. The van der Waals surface area contributed by atoms with Crippen molar-refractivity contribution in [3.8, 4) is 0 Å². The van der Waals surface area contributed by atoms with Crippen molar-refractivity contribution < 1.29 is 17.9 Å². The summed E-state index contributed by atoms with van der Waals surface area (Å²) < 4.78 is 30.5. The molecule has 0 spiro atoms. The monoisotopic (exact) mass is 340 g/mol. The molecule has 1 aliphatic heterocycles. The van der Waals surface area contributed by atoms with Gasteiger partial charge < -0.3 is 9.64 Å². The van der Waals surface area contributed by atoms with E-state index in [2.05, 4.69) is 0 Å². The molecule has 128 valence electrons. The maximum absolute atomic E-state index is 12.8. The molecule has 0 saturated carbocycles. The van der Waals surface area contributed by atoms with E-state index in [1.807, 2.05) is 37.3 Å². The van der Waals surface area contributed by atoms with Crippen molar-refractivity contribution in [2.75, 3.05) is 27.0 Å². The minimum absolute atomic E-state index is 0.133. The van der Waals surface area contributed by atoms with E-state index in [-0.39, 0.29) is 24.6 Å². The summed E-state index contributed by atoms with van der Waals surface area (Å²) in [6.07, 6.45) is 1.26. The molecule has 1 aromatic carbocycles. The first-order chi connectivity index (χ1) is 10.8. The summed E-state index contributed by atoms with van der Waals surface area (Å²) >= 11 is 0. The zero-order valence-corrected chi connectivity index (χ0v) is 14.8. The third-order valence-corrected chi connectivity index (χ3v) is 5.73. The minimum atomic E-state index is -3.46. The molecule has 0 aliphatic carbocycles. The van der Waals surface area contributed by atoms with Crippen molar-refractivity contribution in [2.45, 2.75) is 31.5 Å². The number of nitrogens with zero attached hydrogens (tertiary/aromatic N) is 2. The molecule has 0 bridgehead atoms. The maximum atomic E-state index is 12.8. The van der Waals surface area contributed by atoms with E-state index in [0.29, 0.717) is 6.42 Å². The van der Waals surface area contributed by atoms with E-state index in [9.17, 15) is 13.2 Å². The number of rotatable bonds is 5. The number of likely N-dealkylation sites (N-methyl/N-ethyl adjacent to an activating group) is 1. The van der Waals surface area contributed by atoms with Crippen LogP contribution in [-0.4, -0.2) is 62.6 Å². The number of methoxy groups -OCH3 is 1. The first-order valence-corrected chi connectivity index (χ1v) is 9.41. The molecule has 0 N–H and O–H groups in total. The second-order valence-electron chi connectivity index (χ2n) is 5.98. The SMILES string of the molecule is CO[C@H]1C[C@H](C(=O)N(C)[C@@H](C)c2ccccc2)N(S(C)(=O)=O)C1.